The highest BCUT2D eigenvalue weighted by atomic mass is 16.5. The molecule has 190 valence electrons. The van der Waals surface area contributed by atoms with Gasteiger partial charge in [0.2, 0.25) is 11.9 Å². The molecule has 0 radical (unpaired) electrons. The van der Waals surface area contributed by atoms with Crippen molar-refractivity contribution in [3.8, 4) is 5.75 Å². The summed E-state index contributed by atoms with van der Waals surface area (Å²) in [6.45, 7) is 5.74. The SMILES string of the molecule is COc1ccc(CN2CCc3nn(C)c4nc(N5CCNC(CC(=O)N6CCCC6)C5)nc2c34)cc1. The fraction of sp³-hybridized carbons (Fsp3) is 0.538. The maximum absolute atomic E-state index is 12.8. The van der Waals surface area contributed by atoms with Gasteiger partial charge in [0, 0.05) is 71.7 Å². The number of likely N-dealkylation sites (tertiary alicyclic amines) is 1. The Morgan fingerprint density at radius 1 is 1.11 bits per heavy atom. The van der Waals surface area contributed by atoms with Crippen molar-refractivity contribution in [3.05, 3.63) is 35.5 Å². The van der Waals surface area contributed by atoms with Gasteiger partial charge in [-0.2, -0.15) is 15.1 Å². The van der Waals surface area contributed by atoms with Gasteiger partial charge in [-0.05, 0) is 30.5 Å². The van der Waals surface area contributed by atoms with Crippen molar-refractivity contribution in [2.24, 2.45) is 7.05 Å². The van der Waals surface area contributed by atoms with Gasteiger partial charge in [-0.15, -0.1) is 0 Å². The van der Waals surface area contributed by atoms with Gasteiger partial charge in [-0.1, -0.05) is 12.1 Å². The number of hydrogen-bond acceptors (Lipinski definition) is 8. The lowest BCUT2D eigenvalue weighted by molar-refractivity contribution is -0.130. The Bertz CT molecular complexity index is 1250. The zero-order valence-corrected chi connectivity index (χ0v) is 21.1. The Morgan fingerprint density at radius 2 is 1.92 bits per heavy atom. The number of benzene rings is 1. The number of amides is 1. The Balaban J connectivity index is 1.26. The zero-order valence-electron chi connectivity index (χ0n) is 21.1. The second-order valence-corrected chi connectivity index (χ2v) is 10.0. The van der Waals surface area contributed by atoms with Gasteiger partial charge in [0.05, 0.1) is 18.2 Å². The molecule has 3 aliphatic heterocycles. The van der Waals surface area contributed by atoms with Crippen LogP contribution in [0, 0.1) is 0 Å². The largest absolute Gasteiger partial charge is 0.497 e. The second-order valence-electron chi connectivity index (χ2n) is 10.0. The van der Waals surface area contributed by atoms with Crippen LogP contribution in [0.4, 0.5) is 11.8 Å². The van der Waals surface area contributed by atoms with Crippen LogP contribution in [-0.4, -0.2) is 83.0 Å². The number of nitrogens with zero attached hydrogens (tertiary/aromatic N) is 7. The molecule has 1 amide bonds. The topological polar surface area (TPSA) is 91.7 Å². The van der Waals surface area contributed by atoms with Crippen molar-refractivity contribution < 1.29 is 9.53 Å². The van der Waals surface area contributed by atoms with Crippen LogP contribution in [0.1, 0.15) is 30.5 Å². The van der Waals surface area contributed by atoms with Crippen molar-refractivity contribution in [1.29, 1.82) is 0 Å². The fourth-order valence-electron chi connectivity index (χ4n) is 5.64. The summed E-state index contributed by atoms with van der Waals surface area (Å²) < 4.78 is 7.20. The van der Waals surface area contributed by atoms with Crippen LogP contribution < -0.4 is 19.9 Å². The third-order valence-electron chi connectivity index (χ3n) is 7.59. The molecule has 0 spiro atoms. The number of ether oxygens (including phenoxy) is 1. The van der Waals surface area contributed by atoms with Gasteiger partial charge >= 0.3 is 0 Å². The van der Waals surface area contributed by atoms with E-state index < -0.39 is 0 Å². The molecule has 2 aromatic heterocycles. The first-order valence-corrected chi connectivity index (χ1v) is 13.0. The van der Waals surface area contributed by atoms with Crippen molar-refractivity contribution in [2.75, 3.05) is 56.2 Å². The molecular weight excluding hydrogens is 456 g/mol. The number of methoxy groups -OCH3 is 1. The summed E-state index contributed by atoms with van der Waals surface area (Å²) in [5, 5.41) is 9.35. The Hall–Kier alpha value is -3.40. The summed E-state index contributed by atoms with van der Waals surface area (Å²) in [5.41, 5.74) is 3.14. The highest BCUT2D eigenvalue weighted by molar-refractivity contribution is 5.92. The molecule has 5 heterocycles. The fourth-order valence-corrected chi connectivity index (χ4v) is 5.64. The number of carbonyl (C=O) groups excluding carboxylic acids is 1. The number of nitrogens with one attached hydrogen (secondary N) is 1. The lowest BCUT2D eigenvalue weighted by Gasteiger charge is -2.35. The van der Waals surface area contributed by atoms with E-state index in [4.69, 9.17) is 19.8 Å². The summed E-state index contributed by atoms with van der Waals surface area (Å²) in [6, 6.07) is 8.31. The van der Waals surface area contributed by atoms with E-state index in [0.29, 0.717) is 18.9 Å². The second kappa shape index (κ2) is 9.57. The first-order chi connectivity index (χ1) is 17.6. The summed E-state index contributed by atoms with van der Waals surface area (Å²) in [4.78, 5) is 29.4. The first kappa shape index (κ1) is 23.0. The first-order valence-electron chi connectivity index (χ1n) is 13.0. The molecule has 10 heteroatoms. The lowest BCUT2D eigenvalue weighted by Crippen LogP contribution is -2.53. The standard InChI is InChI=1S/C26H34N8O2/c1-31-24-23-21(30-31)9-13-33(16-18-5-7-20(36-2)8-6-18)25(23)29-26(28-24)34-14-10-27-19(17-34)15-22(35)32-11-3-4-12-32/h5-8,19,27H,3-4,9-17H2,1-2H3. The van der Waals surface area contributed by atoms with Crippen LogP contribution in [0.3, 0.4) is 0 Å². The number of anilines is 2. The summed E-state index contributed by atoms with van der Waals surface area (Å²) in [6.07, 6.45) is 3.63. The minimum Gasteiger partial charge on any atom is -0.497 e. The van der Waals surface area contributed by atoms with Crippen LogP contribution in [-0.2, 0) is 24.8 Å². The van der Waals surface area contributed by atoms with E-state index in [0.717, 1.165) is 86.8 Å². The number of hydrogen-bond donors (Lipinski definition) is 1. The van der Waals surface area contributed by atoms with Gasteiger partial charge in [-0.3, -0.25) is 4.79 Å². The number of piperazine rings is 1. The average Bonchev–Trinajstić information content (AvgIpc) is 3.55. The van der Waals surface area contributed by atoms with Crippen LogP contribution in [0.5, 0.6) is 5.75 Å². The Labute approximate surface area is 211 Å². The predicted octanol–water partition coefficient (Wildman–Crippen LogP) is 1.73. The third kappa shape index (κ3) is 4.34. The molecule has 1 atom stereocenters. The highest BCUT2D eigenvalue weighted by Gasteiger charge is 2.30. The van der Waals surface area contributed by atoms with Crippen LogP contribution in [0.2, 0.25) is 0 Å². The normalized spacial score (nSPS) is 19.8. The molecule has 3 aromatic rings. The van der Waals surface area contributed by atoms with Crippen LogP contribution >= 0.6 is 0 Å². The molecule has 0 aliphatic carbocycles. The summed E-state index contributed by atoms with van der Waals surface area (Å²) in [5.74, 6) is 2.77. The monoisotopic (exact) mass is 490 g/mol. The molecule has 6 rings (SSSR count). The molecule has 10 nitrogen and oxygen atoms in total. The van der Waals surface area contributed by atoms with E-state index in [2.05, 4.69) is 27.2 Å². The van der Waals surface area contributed by atoms with Crippen LogP contribution in [0.25, 0.3) is 11.0 Å². The molecule has 2 saturated heterocycles. The van der Waals surface area contributed by atoms with Crippen molar-refractivity contribution >= 4 is 28.7 Å². The van der Waals surface area contributed by atoms with E-state index in [9.17, 15) is 4.79 Å². The molecule has 0 bridgehead atoms. The number of rotatable bonds is 6. The number of carbonyl (C=O) groups is 1. The lowest BCUT2D eigenvalue weighted by atomic mass is 10.1. The molecule has 0 saturated carbocycles. The minimum absolute atomic E-state index is 0.0972. The van der Waals surface area contributed by atoms with Crippen LogP contribution in [0.15, 0.2) is 24.3 Å². The van der Waals surface area contributed by atoms with Crippen molar-refractivity contribution in [3.63, 3.8) is 0 Å². The van der Waals surface area contributed by atoms with Gasteiger partial charge in [-0.25, -0.2) is 4.68 Å². The van der Waals surface area contributed by atoms with E-state index in [1.165, 1.54) is 5.56 Å². The van der Waals surface area contributed by atoms with Gasteiger partial charge in [0.1, 0.15) is 11.6 Å². The third-order valence-corrected chi connectivity index (χ3v) is 7.59. The van der Waals surface area contributed by atoms with Gasteiger partial charge in [0.25, 0.3) is 0 Å². The average molecular weight is 491 g/mol. The molecular formula is C26H34N8O2. The number of aromatic nitrogens is 4. The van der Waals surface area contributed by atoms with E-state index in [-0.39, 0.29) is 11.9 Å². The predicted molar refractivity (Wildman–Crippen MR) is 138 cm³/mol. The quantitative estimate of drug-likeness (QED) is 0.559. The maximum Gasteiger partial charge on any atom is 0.229 e. The van der Waals surface area contributed by atoms with Crippen molar-refractivity contribution in [1.82, 2.24) is 30.0 Å². The van der Waals surface area contributed by atoms with Crippen molar-refractivity contribution in [2.45, 2.75) is 38.3 Å². The molecule has 36 heavy (non-hydrogen) atoms. The minimum atomic E-state index is 0.0972. The maximum atomic E-state index is 12.8. The molecule has 2 fully saturated rings. The smallest absolute Gasteiger partial charge is 0.229 e. The Kier molecular flexibility index (Phi) is 6.12. The molecule has 1 N–H and O–H groups in total. The summed E-state index contributed by atoms with van der Waals surface area (Å²) >= 11 is 0. The molecule has 1 aromatic carbocycles. The molecule has 3 aliphatic rings. The van der Waals surface area contributed by atoms with E-state index >= 15 is 0 Å². The number of aryl methyl sites for hydroxylation is 1. The van der Waals surface area contributed by atoms with E-state index in [1.807, 2.05) is 28.8 Å². The Morgan fingerprint density at radius 3 is 2.69 bits per heavy atom. The van der Waals surface area contributed by atoms with Gasteiger partial charge in [0.15, 0.2) is 5.65 Å². The highest BCUT2D eigenvalue weighted by Crippen LogP contribution is 2.34. The van der Waals surface area contributed by atoms with Gasteiger partial charge < -0.3 is 24.8 Å². The zero-order chi connectivity index (χ0) is 24.6. The summed E-state index contributed by atoms with van der Waals surface area (Å²) in [7, 11) is 3.65. The molecule has 1 unspecified atom stereocenters. The van der Waals surface area contributed by atoms with E-state index in [1.54, 1.807) is 7.11 Å².